The van der Waals surface area contributed by atoms with Gasteiger partial charge in [0.25, 0.3) is 5.91 Å². The van der Waals surface area contributed by atoms with Crippen molar-refractivity contribution in [3.05, 3.63) is 66.9 Å². The summed E-state index contributed by atoms with van der Waals surface area (Å²) in [6.07, 6.45) is 3.16. The molecule has 0 atom stereocenters. The Kier molecular flexibility index (Phi) is 4.61. The van der Waals surface area contributed by atoms with Crippen LogP contribution >= 0.6 is 0 Å². The van der Waals surface area contributed by atoms with Crippen molar-refractivity contribution in [2.75, 3.05) is 10.6 Å². The number of rotatable bonds is 5. The SMILES string of the molecule is C=CC(=O)Nc1ccc(C(=O)Nc2ccc3cn(CC)nc3c2)cc1. The normalized spacial score (nSPS) is 10.4. The van der Waals surface area contributed by atoms with Gasteiger partial charge in [0.05, 0.1) is 5.52 Å². The van der Waals surface area contributed by atoms with E-state index >= 15 is 0 Å². The molecule has 25 heavy (non-hydrogen) atoms. The number of carbonyl (C=O) groups excluding carboxylic acids is 2. The molecule has 0 saturated heterocycles. The van der Waals surface area contributed by atoms with Crippen molar-refractivity contribution in [2.24, 2.45) is 0 Å². The largest absolute Gasteiger partial charge is 0.323 e. The summed E-state index contributed by atoms with van der Waals surface area (Å²) in [7, 11) is 0. The molecule has 3 rings (SSSR count). The number of fused-ring (bicyclic) bond motifs is 1. The van der Waals surface area contributed by atoms with Gasteiger partial charge in [0.1, 0.15) is 0 Å². The molecule has 0 saturated carbocycles. The molecule has 0 radical (unpaired) electrons. The standard InChI is InChI=1S/C19H18N4O2/c1-3-18(24)20-15-8-5-13(6-9-15)19(25)21-16-10-7-14-12-23(4-2)22-17(14)11-16/h3,5-12H,1,4H2,2H3,(H,20,24)(H,21,25). The third-order valence-corrected chi connectivity index (χ3v) is 3.74. The summed E-state index contributed by atoms with van der Waals surface area (Å²) >= 11 is 0. The lowest BCUT2D eigenvalue weighted by atomic mass is 10.1. The zero-order valence-corrected chi connectivity index (χ0v) is 13.8. The van der Waals surface area contributed by atoms with Gasteiger partial charge in [0.2, 0.25) is 5.91 Å². The van der Waals surface area contributed by atoms with Gasteiger partial charge in [-0.25, -0.2) is 0 Å². The summed E-state index contributed by atoms with van der Waals surface area (Å²) in [5.74, 6) is -0.520. The van der Waals surface area contributed by atoms with E-state index < -0.39 is 0 Å². The van der Waals surface area contributed by atoms with Gasteiger partial charge in [0, 0.05) is 35.1 Å². The fourth-order valence-corrected chi connectivity index (χ4v) is 2.41. The lowest BCUT2D eigenvalue weighted by Gasteiger charge is -2.07. The van der Waals surface area contributed by atoms with Crippen LogP contribution in [0.15, 0.2) is 61.3 Å². The van der Waals surface area contributed by atoms with Crippen LogP contribution in [0.25, 0.3) is 10.9 Å². The van der Waals surface area contributed by atoms with Crippen molar-refractivity contribution >= 4 is 34.1 Å². The van der Waals surface area contributed by atoms with E-state index in [9.17, 15) is 9.59 Å². The van der Waals surface area contributed by atoms with Crippen LogP contribution in [0.4, 0.5) is 11.4 Å². The van der Waals surface area contributed by atoms with Crippen LogP contribution in [0, 0.1) is 0 Å². The molecule has 6 nitrogen and oxygen atoms in total. The van der Waals surface area contributed by atoms with E-state index in [1.54, 1.807) is 24.3 Å². The molecule has 0 spiro atoms. The molecule has 3 aromatic rings. The van der Waals surface area contributed by atoms with E-state index in [4.69, 9.17) is 0 Å². The van der Waals surface area contributed by atoms with Gasteiger partial charge in [0.15, 0.2) is 0 Å². The first-order chi connectivity index (χ1) is 12.1. The summed E-state index contributed by atoms with van der Waals surface area (Å²) < 4.78 is 1.85. The molecular weight excluding hydrogens is 316 g/mol. The number of hydrogen-bond acceptors (Lipinski definition) is 3. The average molecular weight is 334 g/mol. The highest BCUT2D eigenvalue weighted by Gasteiger charge is 2.08. The average Bonchev–Trinajstić information content (AvgIpc) is 3.04. The van der Waals surface area contributed by atoms with Gasteiger partial charge in [-0.2, -0.15) is 5.10 Å². The highest BCUT2D eigenvalue weighted by molar-refractivity contribution is 6.05. The summed E-state index contributed by atoms with van der Waals surface area (Å²) in [6, 6.07) is 12.3. The number of carbonyl (C=O) groups is 2. The Morgan fingerprint density at radius 3 is 2.52 bits per heavy atom. The Bertz CT molecular complexity index is 942. The highest BCUT2D eigenvalue weighted by atomic mass is 16.2. The Morgan fingerprint density at radius 2 is 1.84 bits per heavy atom. The summed E-state index contributed by atoms with van der Waals surface area (Å²) in [5, 5.41) is 11.0. The van der Waals surface area contributed by atoms with Crippen LogP contribution < -0.4 is 10.6 Å². The maximum atomic E-state index is 12.4. The molecule has 0 fully saturated rings. The summed E-state index contributed by atoms with van der Waals surface area (Å²) in [6.45, 7) is 6.22. The fraction of sp³-hybridized carbons (Fsp3) is 0.105. The maximum Gasteiger partial charge on any atom is 0.255 e. The predicted octanol–water partition coefficient (Wildman–Crippen LogP) is 3.43. The number of aromatic nitrogens is 2. The Balaban J connectivity index is 1.73. The first-order valence-electron chi connectivity index (χ1n) is 7.91. The number of nitrogens with zero attached hydrogens (tertiary/aromatic N) is 2. The number of anilines is 2. The van der Waals surface area contributed by atoms with Gasteiger partial charge in [-0.3, -0.25) is 14.3 Å². The minimum Gasteiger partial charge on any atom is -0.323 e. The topological polar surface area (TPSA) is 76.0 Å². The molecule has 1 aromatic heterocycles. The third kappa shape index (κ3) is 3.74. The second-order valence-corrected chi connectivity index (χ2v) is 5.48. The number of benzene rings is 2. The third-order valence-electron chi connectivity index (χ3n) is 3.74. The molecule has 1 heterocycles. The Morgan fingerprint density at radius 1 is 1.12 bits per heavy atom. The van der Waals surface area contributed by atoms with Gasteiger partial charge in [-0.05, 0) is 55.5 Å². The van der Waals surface area contributed by atoms with Gasteiger partial charge in [-0.1, -0.05) is 6.58 Å². The summed E-state index contributed by atoms with van der Waals surface area (Å²) in [4.78, 5) is 23.6. The molecule has 0 aliphatic heterocycles. The predicted molar refractivity (Wildman–Crippen MR) is 98.6 cm³/mol. The molecule has 0 aliphatic carbocycles. The molecule has 2 N–H and O–H groups in total. The van der Waals surface area contributed by atoms with Crippen molar-refractivity contribution in [3.63, 3.8) is 0 Å². The summed E-state index contributed by atoms with van der Waals surface area (Å²) in [5.41, 5.74) is 2.62. The van der Waals surface area contributed by atoms with E-state index in [1.165, 1.54) is 6.08 Å². The van der Waals surface area contributed by atoms with Crippen molar-refractivity contribution in [2.45, 2.75) is 13.5 Å². The zero-order chi connectivity index (χ0) is 17.8. The number of nitrogens with one attached hydrogen (secondary N) is 2. The number of hydrogen-bond donors (Lipinski definition) is 2. The first kappa shape index (κ1) is 16.4. The monoisotopic (exact) mass is 334 g/mol. The van der Waals surface area contributed by atoms with Crippen molar-refractivity contribution < 1.29 is 9.59 Å². The first-order valence-corrected chi connectivity index (χ1v) is 7.91. The quantitative estimate of drug-likeness (QED) is 0.702. The van der Waals surface area contributed by atoms with Crippen molar-refractivity contribution in [3.8, 4) is 0 Å². The van der Waals surface area contributed by atoms with E-state index in [0.717, 1.165) is 17.4 Å². The van der Waals surface area contributed by atoms with Crippen LogP contribution in [0.5, 0.6) is 0 Å². The smallest absolute Gasteiger partial charge is 0.255 e. The fourth-order valence-electron chi connectivity index (χ4n) is 2.41. The van der Waals surface area contributed by atoms with E-state index in [0.29, 0.717) is 16.9 Å². The van der Waals surface area contributed by atoms with E-state index in [-0.39, 0.29) is 11.8 Å². The highest BCUT2D eigenvalue weighted by Crippen LogP contribution is 2.19. The van der Waals surface area contributed by atoms with Crippen LogP contribution in [-0.4, -0.2) is 21.6 Å². The van der Waals surface area contributed by atoms with E-state index in [2.05, 4.69) is 22.3 Å². The lowest BCUT2D eigenvalue weighted by Crippen LogP contribution is -2.12. The molecular formula is C19H18N4O2. The van der Waals surface area contributed by atoms with Crippen LogP contribution in [0.3, 0.4) is 0 Å². The van der Waals surface area contributed by atoms with Crippen molar-refractivity contribution in [1.82, 2.24) is 9.78 Å². The van der Waals surface area contributed by atoms with E-state index in [1.807, 2.05) is 36.0 Å². The molecule has 0 bridgehead atoms. The molecule has 6 heteroatoms. The van der Waals surface area contributed by atoms with Crippen LogP contribution in [-0.2, 0) is 11.3 Å². The van der Waals surface area contributed by atoms with Crippen LogP contribution in [0.2, 0.25) is 0 Å². The molecule has 2 amide bonds. The minimum absolute atomic E-state index is 0.226. The van der Waals surface area contributed by atoms with Crippen molar-refractivity contribution in [1.29, 1.82) is 0 Å². The minimum atomic E-state index is -0.294. The molecule has 0 aliphatic rings. The van der Waals surface area contributed by atoms with Gasteiger partial charge in [-0.15, -0.1) is 0 Å². The Hall–Kier alpha value is -3.41. The Labute approximate surface area is 145 Å². The second kappa shape index (κ2) is 7.00. The number of amides is 2. The van der Waals surface area contributed by atoms with Gasteiger partial charge >= 0.3 is 0 Å². The maximum absolute atomic E-state index is 12.4. The molecule has 0 unspecified atom stereocenters. The molecule has 126 valence electrons. The van der Waals surface area contributed by atoms with Gasteiger partial charge < -0.3 is 10.6 Å². The lowest BCUT2D eigenvalue weighted by molar-refractivity contribution is -0.111. The van der Waals surface area contributed by atoms with Crippen LogP contribution in [0.1, 0.15) is 17.3 Å². The second-order valence-electron chi connectivity index (χ2n) is 5.48. The zero-order valence-electron chi connectivity index (χ0n) is 13.8. The molecule has 2 aromatic carbocycles. The number of aryl methyl sites for hydroxylation is 1.